The van der Waals surface area contributed by atoms with E-state index in [0.29, 0.717) is 19.1 Å². The van der Waals surface area contributed by atoms with Crippen LogP contribution in [0.5, 0.6) is 0 Å². The van der Waals surface area contributed by atoms with E-state index in [-0.39, 0.29) is 6.04 Å². The number of hydrogen-bond acceptors (Lipinski definition) is 3. The molecule has 1 N–H and O–H groups in total. The molecule has 1 aromatic rings. The largest absolute Gasteiger partial charge is 0.375 e. The predicted octanol–water partition coefficient (Wildman–Crippen LogP) is 2.66. The molecule has 1 heterocycles. The highest BCUT2D eigenvalue weighted by atomic mass is 19.3. The second-order valence-electron chi connectivity index (χ2n) is 4.99. The number of alkyl halides is 2. The number of aromatic nitrogens is 2. The molecular weight excluding hydrogens is 264 g/mol. The number of nitrogens with one attached hydrogen (secondary N) is 1. The fourth-order valence-electron chi connectivity index (χ4n) is 1.92. The van der Waals surface area contributed by atoms with Crippen LogP contribution in [0.15, 0.2) is 12.3 Å². The van der Waals surface area contributed by atoms with Crippen LogP contribution >= 0.6 is 0 Å². The Labute approximate surface area is 119 Å². The average molecular weight is 289 g/mol. The lowest BCUT2D eigenvalue weighted by molar-refractivity contribution is 0.0146. The van der Waals surface area contributed by atoms with Crippen LogP contribution < -0.4 is 5.32 Å². The molecule has 116 valence electrons. The van der Waals surface area contributed by atoms with Gasteiger partial charge in [0.15, 0.2) is 0 Å². The lowest BCUT2D eigenvalue weighted by Crippen LogP contribution is -2.29. The molecule has 0 radical (unpaired) electrons. The minimum atomic E-state index is -2.39. The first kappa shape index (κ1) is 17.0. The van der Waals surface area contributed by atoms with Crippen LogP contribution in [-0.4, -0.2) is 42.5 Å². The summed E-state index contributed by atoms with van der Waals surface area (Å²) in [5, 5.41) is 7.72. The van der Waals surface area contributed by atoms with E-state index >= 15 is 0 Å². The smallest absolute Gasteiger partial charge is 0.261 e. The molecule has 0 fully saturated rings. The first-order valence-electron chi connectivity index (χ1n) is 7.14. The summed E-state index contributed by atoms with van der Waals surface area (Å²) in [5.41, 5.74) is 1.01. The number of hydrogen-bond donors (Lipinski definition) is 1. The summed E-state index contributed by atoms with van der Waals surface area (Å²) in [7, 11) is 1.86. The van der Waals surface area contributed by atoms with E-state index in [2.05, 4.69) is 24.3 Å². The van der Waals surface area contributed by atoms with Crippen molar-refractivity contribution in [3.05, 3.63) is 18.0 Å². The maximum absolute atomic E-state index is 11.9. The Balaban J connectivity index is 2.37. The Bertz CT molecular complexity index is 371. The van der Waals surface area contributed by atoms with Crippen LogP contribution in [0.25, 0.3) is 0 Å². The Morgan fingerprint density at radius 2 is 2.20 bits per heavy atom. The zero-order chi connectivity index (χ0) is 15.0. The van der Waals surface area contributed by atoms with E-state index in [1.165, 1.54) is 0 Å². The molecule has 4 nitrogen and oxygen atoms in total. The maximum Gasteiger partial charge on any atom is 0.261 e. The highest BCUT2D eigenvalue weighted by Gasteiger charge is 2.11. The molecule has 2 atom stereocenters. The van der Waals surface area contributed by atoms with Gasteiger partial charge in [-0.15, -0.1) is 0 Å². The molecule has 2 unspecified atom stereocenters. The van der Waals surface area contributed by atoms with Gasteiger partial charge in [-0.3, -0.25) is 4.68 Å². The number of nitrogens with zero attached hydrogens (tertiary/aromatic N) is 2. The lowest BCUT2D eigenvalue weighted by atomic mass is 10.1. The van der Waals surface area contributed by atoms with Crippen molar-refractivity contribution < 1.29 is 13.5 Å². The van der Waals surface area contributed by atoms with Crippen LogP contribution in [0.2, 0.25) is 0 Å². The third-order valence-electron chi connectivity index (χ3n) is 3.42. The van der Waals surface area contributed by atoms with Crippen molar-refractivity contribution >= 4 is 0 Å². The number of rotatable bonds is 10. The van der Waals surface area contributed by atoms with Gasteiger partial charge in [-0.25, -0.2) is 8.78 Å². The SMILES string of the molecule is CCC(C)n1ccc(CC(CCOCC(F)F)NC)n1. The molecule has 0 saturated heterocycles. The molecule has 0 bridgehead atoms. The molecule has 1 rings (SSSR count). The van der Waals surface area contributed by atoms with Gasteiger partial charge in [0.2, 0.25) is 0 Å². The van der Waals surface area contributed by atoms with Gasteiger partial charge in [0.05, 0.1) is 5.69 Å². The third-order valence-corrected chi connectivity index (χ3v) is 3.42. The predicted molar refractivity (Wildman–Crippen MR) is 75.2 cm³/mol. The quantitative estimate of drug-likeness (QED) is 0.673. The summed E-state index contributed by atoms with van der Waals surface area (Å²) >= 11 is 0. The molecule has 1 aromatic heterocycles. The van der Waals surface area contributed by atoms with E-state index in [1.54, 1.807) is 0 Å². The van der Waals surface area contributed by atoms with E-state index in [4.69, 9.17) is 4.74 Å². The molecule has 0 aliphatic heterocycles. The van der Waals surface area contributed by atoms with Crippen molar-refractivity contribution in [3.63, 3.8) is 0 Å². The summed E-state index contributed by atoms with van der Waals surface area (Å²) in [6, 6.07) is 2.59. The normalized spacial score (nSPS) is 14.7. The van der Waals surface area contributed by atoms with Crippen molar-refractivity contribution in [1.29, 1.82) is 0 Å². The highest BCUT2D eigenvalue weighted by molar-refractivity contribution is 5.02. The molecule has 6 heteroatoms. The zero-order valence-electron chi connectivity index (χ0n) is 12.5. The summed E-state index contributed by atoms with van der Waals surface area (Å²) in [6.07, 6.45) is 2.10. The highest BCUT2D eigenvalue weighted by Crippen LogP contribution is 2.11. The summed E-state index contributed by atoms with van der Waals surface area (Å²) in [5.74, 6) is 0. The molecule has 0 aromatic carbocycles. The zero-order valence-corrected chi connectivity index (χ0v) is 12.5. The van der Waals surface area contributed by atoms with Gasteiger partial charge in [0.1, 0.15) is 6.61 Å². The lowest BCUT2D eigenvalue weighted by Gasteiger charge is -2.15. The van der Waals surface area contributed by atoms with Crippen molar-refractivity contribution in [3.8, 4) is 0 Å². The van der Waals surface area contributed by atoms with Gasteiger partial charge < -0.3 is 10.1 Å². The van der Waals surface area contributed by atoms with Gasteiger partial charge in [-0.1, -0.05) is 6.92 Å². The monoisotopic (exact) mass is 289 g/mol. The second kappa shape index (κ2) is 9.02. The van der Waals surface area contributed by atoms with Gasteiger partial charge >= 0.3 is 0 Å². The Morgan fingerprint density at radius 1 is 1.45 bits per heavy atom. The van der Waals surface area contributed by atoms with Crippen molar-refractivity contribution in [2.24, 2.45) is 0 Å². The van der Waals surface area contributed by atoms with E-state index in [9.17, 15) is 8.78 Å². The van der Waals surface area contributed by atoms with Crippen molar-refractivity contribution in [1.82, 2.24) is 15.1 Å². The third kappa shape index (κ3) is 5.96. The van der Waals surface area contributed by atoms with E-state index in [0.717, 1.165) is 18.5 Å². The summed E-state index contributed by atoms with van der Waals surface area (Å²) in [6.45, 7) is 4.11. The molecule has 0 saturated carbocycles. The van der Waals surface area contributed by atoms with E-state index in [1.807, 2.05) is 24.0 Å². The van der Waals surface area contributed by atoms with Gasteiger partial charge in [-0.2, -0.15) is 5.10 Å². The van der Waals surface area contributed by atoms with Gasteiger partial charge in [0, 0.05) is 31.3 Å². The molecule has 0 aliphatic rings. The Morgan fingerprint density at radius 3 is 2.80 bits per heavy atom. The van der Waals surface area contributed by atoms with Crippen LogP contribution in [0.1, 0.15) is 38.4 Å². The summed E-state index contributed by atoms with van der Waals surface area (Å²) < 4.78 is 30.8. The fraction of sp³-hybridized carbons (Fsp3) is 0.786. The standard InChI is InChI=1S/C14H25F2N3O/c1-4-11(2)19-7-5-13(18-19)9-12(17-3)6-8-20-10-14(15)16/h5,7,11-12,14,17H,4,6,8-10H2,1-3H3. The first-order chi connectivity index (χ1) is 9.56. The van der Waals surface area contributed by atoms with Crippen LogP contribution in [0.4, 0.5) is 8.78 Å². The number of halogens is 2. The van der Waals surface area contributed by atoms with Crippen LogP contribution in [-0.2, 0) is 11.2 Å². The molecular formula is C14H25F2N3O. The summed E-state index contributed by atoms with van der Waals surface area (Å²) in [4.78, 5) is 0. The minimum absolute atomic E-state index is 0.188. The van der Waals surface area contributed by atoms with E-state index < -0.39 is 13.0 Å². The number of likely N-dealkylation sites (N-methyl/N-ethyl adjacent to an activating group) is 1. The van der Waals surface area contributed by atoms with Crippen LogP contribution in [0, 0.1) is 0 Å². The van der Waals surface area contributed by atoms with Crippen LogP contribution in [0.3, 0.4) is 0 Å². The topological polar surface area (TPSA) is 39.1 Å². The molecule has 0 spiro atoms. The van der Waals surface area contributed by atoms with Crippen molar-refractivity contribution in [2.75, 3.05) is 20.3 Å². The number of ether oxygens (including phenoxy) is 1. The Kier molecular flexibility index (Phi) is 7.69. The fourth-order valence-corrected chi connectivity index (χ4v) is 1.92. The van der Waals surface area contributed by atoms with Gasteiger partial charge in [0.25, 0.3) is 6.43 Å². The second-order valence-corrected chi connectivity index (χ2v) is 4.99. The van der Waals surface area contributed by atoms with Crippen molar-refractivity contribution in [2.45, 2.75) is 51.6 Å². The molecule has 0 amide bonds. The molecule has 0 aliphatic carbocycles. The Hall–Kier alpha value is -1.01. The minimum Gasteiger partial charge on any atom is -0.375 e. The first-order valence-corrected chi connectivity index (χ1v) is 7.14. The maximum atomic E-state index is 11.9. The molecule has 20 heavy (non-hydrogen) atoms. The average Bonchev–Trinajstić information content (AvgIpc) is 2.89. The van der Waals surface area contributed by atoms with Gasteiger partial charge in [-0.05, 0) is 32.9 Å².